The molecular formula is C15H19NO. The van der Waals surface area contributed by atoms with Crippen molar-refractivity contribution in [3.05, 3.63) is 35.6 Å². The minimum Gasteiger partial charge on any atom is -0.464 e. The van der Waals surface area contributed by atoms with E-state index in [2.05, 4.69) is 30.4 Å². The van der Waals surface area contributed by atoms with Crippen molar-refractivity contribution in [3.8, 4) is 0 Å². The Morgan fingerprint density at radius 1 is 1.41 bits per heavy atom. The second kappa shape index (κ2) is 4.53. The summed E-state index contributed by atoms with van der Waals surface area (Å²) in [4.78, 5) is 0. The van der Waals surface area contributed by atoms with Crippen LogP contribution in [0.5, 0.6) is 0 Å². The van der Waals surface area contributed by atoms with E-state index < -0.39 is 0 Å². The molecule has 1 saturated heterocycles. The Hall–Kier alpha value is -1.28. The molecule has 2 heteroatoms. The van der Waals surface area contributed by atoms with Gasteiger partial charge in [-0.25, -0.2) is 0 Å². The fourth-order valence-electron chi connectivity index (χ4n) is 2.82. The van der Waals surface area contributed by atoms with Gasteiger partial charge in [0.25, 0.3) is 0 Å². The number of hydrogen-bond donors (Lipinski definition) is 1. The minimum atomic E-state index is 0.764. The van der Waals surface area contributed by atoms with E-state index in [1.54, 1.807) is 0 Å². The van der Waals surface area contributed by atoms with E-state index in [1.807, 2.05) is 6.26 Å². The van der Waals surface area contributed by atoms with Crippen molar-refractivity contribution in [2.24, 2.45) is 5.92 Å². The maximum Gasteiger partial charge on any atom is 0.137 e. The Morgan fingerprint density at radius 2 is 2.35 bits per heavy atom. The quantitative estimate of drug-likeness (QED) is 0.855. The molecule has 1 aromatic heterocycles. The lowest BCUT2D eigenvalue weighted by molar-refractivity contribution is 0.375. The van der Waals surface area contributed by atoms with Crippen LogP contribution in [0.25, 0.3) is 11.0 Å². The fourth-order valence-corrected chi connectivity index (χ4v) is 2.82. The smallest absolute Gasteiger partial charge is 0.137 e. The molecule has 90 valence electrons. The second-order valence-electron chi connectivity index (χ2n) is 5.13. The van der Waals surface area contributed by atoms with E-state index in [0.717, 1.165) is 24.5 Å². The van der Waals surface area contributed by atoms with Gasteiger partial charge in [0.15, 0.2) is 0 Å². The molecule has 1 aliphatic heterocycles. The molecule has 2 nitrogen and oxygen atoms in total. The van der Waals surface area contributed by atoms with Gasteiger partial charge in [-0.3, -0.25) is 0 Å². The van der Waals surface area contributed by atoms with Crippen molar-refractivity contribution < 1.29 is 4.42 Å². The van der Waals surface area contributed by atoms with Crippen molar-refractivity contribution in [1.29, 1.82) is 0 Å². The van der Waals surface area contributed by atoms with Gasteiger partial charge in [0.1, 0.15) is 5.58 Å². The van der Waals surface area contributed by atoms with Gasteiger partial charge in [-0.2, -0.15) is 0 Å². The lowest BCUT2D eigenvalue weighted by atomic mass is 9.91. The summed E-state index contributed by atoms with van der Waals surface area (Å²) in [6.07, 6.45) is 5.64. The predicted molar refractivity (Wildman–Crippen MR) is 70.2 cm³/mol. The molecule has 0 amide bonds. The first-order valence-electron chi connectivity index (χ1n) is 6.51. The number of hydrogen-bond acceptors (Lipinski definition) is 2. The van der Waals surface area contributed by atoms with E-state index in [4.69, 9.17) is 4.42 Å². The van der Waals surface area contributed by atoms with Gasteiger partial charge in [-0.05, 0) is 56.3 Å². The van der Waals surface area contributed by atoms with Gasteiger partial charge in [-0.15, -0.1) is 0 Å². The van der Waals surface area contributed by atoms with E-state index in [0.29, 0.717) is 0 Å². The molecule has 0 radical (unpaired) electrons. The van der Waals surface area contributed by atoms with Gasteiger partial charge in [-0.1, -0.05) is 18.2 Å². The predicted octanol–water partition coefficient (Wildman–Crippen LogP) is 3.28. The van der Waals surface area contributed by atoms with Crippen LogP contribution in [0.1, 0.15) is 24.0 Å². The third kappa shape index (κ3) is 2.09. The van der Waals surface area contributed by atoms with Gasteiger partial charge >= 0.3 is 0 Å². The Bertz CT molecular complexity index is 509. The maximum atomic E-state index is 5.70. The first-order chi connectivity index (χ1) is 8.34. The van der Waals surface area contributed by atoms with Gasteiger partial charge < -0.3 is 9.73 Å². The summed E-state index contributed by atoms with van der Waals surface area (Å²) in [5.41, 5.74) is 3.70. The number of rotatable bonds is 2. The molecule has 0 aliphatic carbocycles. The summed E-state index contributed by atoms with van der Waals surface area (Å²) < 4.78 is 5.70. The van der Waals surface area contributed by atoms with Crippen molar-refractivity contribution in [3.63, 3.8) is 0 Å². The Morgan fingerprint density at radius 3 is 3.18 bits per heavy atom. The highest BCUT2D eigenvalue weighted by molar-refractivity contribution is 5.83. The third-order valence-corrected chi connectivity index (χ3v) is 3.78. The number of nitrogens with one attached hydrogen (secondary N) is 1. The van der Waals surface area contributed by atoms with Crippen molar-refractivity contribution in [1.82, 2.24) is 5.32 Å². The maximum absolute atomic E-state index is 5.70. The van der Waals surface area contributed by atoms with Gasteiger partial charge in [0, 0.05) is 5.39 Å². The summed E-state index contributed by atoms with van der Waals surface area (Å²) in [5.74, 6) is 0.764. The highest BCUT2D eigenvalue weighted by atomic mass is 16.3. The average molecular weight is 229 g/mol. The van der Waals surface area contributed by atoms with Crippen LogP contribution in [0.15, 0.2) is 28.9 Å². The zero-order valence-corrected chi connectivity index (χ0v) is 10.3. The first-order valence-corrected chi connectivity index (χ1v) is 6.51. The summed E-state index contributed by atoms with van der Waals surface area (Å²) in [5, 5.41) is 4.75. The normalized spacial score (nSPS) is 20.9. The van der Waals surface area contributed by atoms with Crippen LogP contribution in [-0.4, -0.2) is 13.1 Å². The Balaban J connectivity index is 1.89. The number of para-hydroxylation sites is 1. The molecule has 17 heavy (non-hydrogen) atoms. The lowest BCUT2D eigenvalue weighted by Gasteiger charge is -2.22. The summed E-state index contributed by atoms with van der Waals surface area (Å²) in [6, 6.07) is 6.51. The van der Waals surface area contributed by atoms with Crippen LogP contribution < -0.4 is 5.32 Å². The van der Waals surface area contributed by atoms with Gasteiger partial charge in [0.05, 0.1) is 6.26 Å². The molecule has 3 rings (SSSR count). The highest BCUT2D eigenvalue weighted by Crippen LogP contribution is 2.27. The molecule has 2 aromatic rings. The molecule has 0 bridgehead atoms. The van der Waals surface area contributed by atoms with Crippen LogP contribution in [0.2, 0.25) is 0 Å². The summed E-state index contributed by atoms with van der Waals surface area (Å²) in [7, 11) is 0. The van der Waals surface area contributed by atoms with E-state index in [9.17, 15) is 0 Å². The Labute approximate surface area is 102 Å². The van der Waals surface area contributed by atoms with E-state index in [-0.39, 0.29) is 0 Å². The van der Waals surface area contributed by atoms with Crippen LogP contribution in [0.3, 0.4) is 0 Å². The van der Waals surface area contributed by atoms with Gasteiger partial charge in [0.2, 0.25) is 0 Å². The second-order valence-corrected chi connectivity index (χ2v) is 5.13. The average Bonchev–Trinajstić information content (AvgIpc) is 2.74. The van der Waals surface area contributed by atoms with Crippen LogP contribution >= 0.6 is 0 Å². The molecule has 1 unspecified atom stereocenters. The zero-order valence-electron chi connectivity index (χ0n) is 10.3. The molecule has 1 fully saturated rings. The number of piperidine rings is 1. The summed E-state index contributed by atoms with van der Waals surface area (Å²) in [6.45, 7) is 4.44. The zero-order chi connectivity index (χ0) is 11.7. The van der Waals surface area contributed by atoms with Crippen LogP contribution in [0.4, 0.5) is 0 Å². The SMILES string of the molecule is Cc1coc2c(CC3CCCNC3)cccc12. The number of fused-ring (bicyclic) bond motifs is 1. The van der Waals surface area contributed by atoms with Crippen molar-refractivity contribution in [2.45, 2.75) is 26.2 Å². The third-order valence-electron chi connectivity index (χ3n) is 3.78. The van der Waals surface area contributed by atoms with E-state index in [1.165, 1.54) is 35.9 Å². The Kier molecular flexibility index (Phi) is 2.89. The van der Waals surface area contributed by atoms with Crippen molar-refractivity contribution >= 4 is 11.0 Å². The molecule has 0 saturated carbocycles. The standard InChI is InChI=1S/C15H19NO/c1-11-10-17-15-13(5-2-6-14(11)15)8-12-4-3-7-16-9-12/h2,5-6,10,12,16H,3-4,7-9H2,1H3. The number of furan rings is 1. The van der Waals surface area contributed by atoms with E-state index >= 15 is 0 Å². The molecule has 1 aromatic carbocycles. The van der Waals surface area contributed by atoms with Crippen LogP contribution in [0, 0.1) is 12.8 Å². The molecule has 1 atom stereocenters. The highest BCUT2D eigenvalue weighted by Gasteiger charge is 2.16. The first kappa shape index (κ1) is 10.8. The number of benzene rings is 1. The lowest BCUT2D eigenvalue weighted by Crippen LogP contribution is -2.30. The van der Waals surface area contributed by atoms with Crippen LogP contribution in [-0.2, 0) is 6.42 Å². The molecule has 1 aliphatic rings. The molecular weight excluding hydrogens is 210 g/mol. The largest absolute Gasteiger partial charge is 0.464 e. The minimum absolute atomic E-state index is 0.764. The molecule has 1 N–H and O–H groups in total. The van der Waals surface area contributed by atoms with Crippen molar-refractivity contribution in [2.75, 3.05) is 13.1 Å². The number of aryl methyl sites for hydroxylation is 1. The topological polar surface area (TPSA) is 25.2 Å². The summed E-state index contributed by atoms with van der Waals surface area (Å²) >= 11 is 0. The molecule has 0 spiro atoms. The molecule has 2 heterocycles. The fraction of sp³-hybridized carbons (Fsp3) is 0.467. The monoisotopic (exact) mass is 229 g/mol.